The van der Waals surface area contributed by atoms with E-state index >= 15 is 0 Å². The third kappa shape index (κ3) is 3.57. The predicted molar refractivity (Wildman–Crippen MR) is 84.5 cm³/mol. The highest BCUT2D eigenvalue weighted by molar-refractivity contribution is 14.1. The molecule has 0 amide bonds. The summed E-state index contributed by atoms with van der Waals surface area (Å²) in [6.45, 7) is 0. The van der Waals surface area contributed by atoms with Gasteiger partial charge in [0.25, 0.3) is 5.69 Å². The highest BCUT2D eigenvalue weighted by atomic mass is 127. The van der Waals surface area contributed by atoms with E-state index in [1.165, 1.54) is 12.1 Å². The van der Waals surface area contributed by atoms with Crippen molar-refractivity contribution in [1.29, 1.82) is 0 Å². The van der Waals surface area contributed by atoms with Crippen molar-refractivity contribution >= 4 is 34.0 Å². The van der Waals surface area contributed by atoms with E-state index < -0.39 is 10.7 Å². The Morgan fingerprint density at radius 1 is 1.30 bits per heavy atom. The van der Waals surface area contributed by atoms with Crippen LogP contribution in [0.5, 0.6) is 0 Å². The Kier molecular flexibility index (Phi) is 5.14. The molecule has 0 unspecified atom stereocenters. The summed E-state index contributed by atoms with van der Waals surface area (Å²) < 4.78 is 13.9. The quantitative estimate of drug-likeness (QED) is 0.468. The summed E-state index contributed by atoms with van der Waals surface area (Å²) >= 11 is 1.76. The molecule has 1 saturated carbocycles. The zero-order valence-corrected chi connectivity index (χ0v) is 13.3. The number of hydrogen-bond acceptors (Lipinski definition) is 4. The maximum absolute atomic E-state index is 13.6. The van der Waals surface area contributed by atoms with E-state index in [0.29, 0.717) is 6.04 Å². The average Bonchev–Trinajstić information content (AvgIpc) is 2.43. The summed E-state index contributed by atoms with van der Waals surface area (Å²) in [6.07, 6.45) is 3.90. The number of rotatable bonds is 4. The maximum Gasteiger partial charge on any atom is 0.293 e. The fourth-order valence-corrected chi connectivity index (χ4v) is 3.00. The van der Waals surface area contributed by atoms with E-state index in [9.17, 15) is 14.5 Å². The number of nitrogens with zero attached hydrogens (tertiary/aromatic N) is 1. The van der Waals surface area contributed by atoms with Crippen molar-refractivity contribution in [3.8, 4) is 0 Å². The Labute approximate surface area is 130 Å². The highest BCUT2D eigenvalue weighted by Crippen LogP contribution is 2.31. The van der Waals surface area contributed by atoms with Crippen molar-refractivity contribution in [2.45, 2.75) is 37.8 Å². The van der Waals surface area contributed by atoms with Crippen LogP contribution in [0.1, 0.15) is 25.7 Å². The fraction of sp³-hybridized carbons (Fsp3) is 0.538. The van der Waals surface area contributed by atoms with E-state index in [4.69, 9.17) is 0 Å². The molecule has 2 rings (SSSR count). The third-order valence-corrected chi connectivity index (χ3v) is 4.56. The van der Waals surface area contributed by atoms with E-state index in [1.807, 2.05) is 7.05 Å². The molecule has 110 valence electrons. The van der Waals surface area contributed by atoms with Crippen LogP contribution in [0, 0.1) is 19.5 Å². The average molecular weight is 393 g/mol. The Morgan fingerprint density at radius 2 is 1.90 bits per heavy atom. The Hall–Kier alpha value is -0.960. The molecule has 0 saturated heterocycles. The van der Waals surface area contributed by atoms with Gasteiger partial charge in [-0.1, -0.05) is 0 Å². The molecule has 0 radical (unpaired) electrons. The fourth-order valence-electron chi connectivity index (χ4n) is 2.55. The molecule has 5 nitrogen and oxygen atoms in total. The van der Waals surface area contributed by atoms with Gasteiger partial charge in [-0.25, -0.2) is 4.39 Å². The van der Waals surface area contributed by atoms with Crippen LogP contribution < -0.4 is 10.6 Å². The van der Waals surface area contributed by atoms with E-state index in [1.54, 1.807) is 22.6 Å². The summed E-state index contributed by atoms with van der Waals surface area (Å²) in [4.78, 5) is 10.6. The van der Waals surface area contributed by atoms with E-state index in [-0.39, 0.29) is 21.0 Å². The number of nitro groups is 1. The van der Waals surface area contributed by atoms with Crippen molar-refractivity contribution in [2.24, 2.45) is 0 Å². The van der Waals surface area contributed by atoms with Crippen molar-refractivity contribution in [2.75, 3.05) is 12.4 Å². The van der Waals surface area contributed by atoms with Crippen molar-refractivity contribution < 1.29 is 9.31 Å². The predicted octanol–water partition coefficient (Wildman–Crippen LogP) is 3.28. The second kappa shape index (κ2) is 6.66. The first kappa shape index (κ1) is 15.4. The summed E-state index contributed by atoms with van der Waals surface area (Å²) in [7, 11) is 1.94. The van der Waals surface area contributed by atoms with Crippen molar-refractivity contribution in [1.82, 2.24) is 5.32 Å². The molecule has 1 aliphatic carbocycles. The number of hydrogen-bond donors (Lipinski definition) is 2. The van der Waals surface area contributed by atoms with Gasteiger partial charge in [-0.05, 0) is 55.3 Å². The van der Waals surface area contributed by atoms with Gasteiger partial charge in [0.05, 0.1) is 8.49 Å². The molecule has 0 aromatic heterocycles. The lowest BCUT2D eigenvalue weighted by molar-refractivity contribution is -0.384. The molecular formula is C13H17FIN3O2. The van der Waals surface area contributed by atoms with Crippen LogP contribution >= 0.6 is 22.6 Å². The molecule has 1 fully saturated rings. The molecule has 1 aromatic rings. The first-order valence-corrected chi connectivity index (χ1v) is 7.66. The third-order valence-electron chi connectivity index (χ3n) is 3.73. The molecule has 0 heterocycles. The Bertz CT molecular complexity index is 505. The van der Waals surface area contributed by atoms with E-state index in [0.717, 1.165) is 25.7 Å². The molecule has 0 spiro atoms. The highest BCUT2D eigenvalue weighted by Gasteiger charge is 2.24. The molecule has 0 atom stereocenters. The molecular weight excluding hydrogens is 376 g/mol. The van der Waals surface area contributed by atoms with Crippen LogP contribution in [0.25, 0.3) is 0 Å². The number of halogens is 2. The Morgan fingerprint density at radius 3 is 2.45 bits per heavy atom. The van der Waals surface area contributed by atoms with Gasteiger partial charge in [0.2, 0.25) is 0 Å². The maximum atomic E-state index is 13.6. The molecule has 1 aliphatic rings. The number of anilines is 1. The van der Waals surface area contributed by atoms with Crippen LogP contribution in [0.3, 0.4) is 0 Å². The van der Waals surface area contributed by atoms with Gasteiger partial charge in [0, 0.05) is 24.2 Å². The molecule has 0 aliphatic heterocycles. The zero-order chi connectivity index (χ0) is 14.7. The molecule has 20 heavy (non-hydrogen) atoms. The minimum absolute atomic E-state index is 0.0634. The second-order valence-electron chi connectivity index (χ2n) is 5.02. The Balaban J connectivity index is 2.13. The molecule has 0 bridgehead atoms. The van der Waals surface area contributed by atoms with Gasteiger partial charge in [-0.15, -0.1) is 0 Å². The minimum Gasteiger partial charge on any atom is -0.377 e. The molecule has 1 aromatic carbocycles. The number of nitrogens with one attached hydrogen (secondary N) is 2. The van der Waals surface area contributed by atoms with Gasteiger partial charge in [-0.2, -0.15) is 0 Å². The van der Waals surface area contributed by atoms with Gasteiger partial charge in [0.1, 0.15) is 11.5 Å². The summed E-state index contributed by atoms with van der Waals surface area (Å²) in [5.74, 6) is -0.428. The van der Waals surface area contributed by atoms with Crippen LogP contribution in [0.15, 0.2) is 12.1 Å². The lowest BCUT2D eigenvalue weighted by Crippen LogP contribution is -2.35. The summed E-state index contributed by atoms with van der Waals surface area (Å²) in [6, 6.07) is 3.18. The summed E-state index contributed by atoms with van der Waals surface area (Å²) in [5.41, 5.74) is 0.215. The molecule has 2 N–H and O–H groups in total. The second-order valence-corrected chi connectivity index (χ2v) is 6.18. The van der Waals surface area contributed by atoms with Gasteiger partial charge in [0.15, 0.2) is 0 Å². The normalized spacial score (nSPS) is 22.6. The van der Waals surface area contributed by atoms with Gasteiger partial charge >= 0.3 is 0 Å². The SMILES string of the molecule is CNC1CCC(Nc2cc(F)c(I)cc2[N+](=O)[O-])CC1. The largest absolute Gasteiger partial charge is 0.377 e. The first-order valence-electron chi connectivity index (χ1n) is 6.58. The monoisotopic (exact) mass is 393 g/mol. The van der Waals surface area contributed by atoms with Crippen molar-refractivity contribution in [3.63, 3.8) is 0 Å². The van der Waals surface area contributed by atoms with Crippen molar-refractivity contribution in [3.05, 3.63) is 31.6 Å². The standard InChI is InChI=1S/C13H17FIN3O2/c1-16-8-2-4-9(5-3-8)17-12-6-10(14)11(15)7-13(12)18(19)20/h6-9,16-17H,2-5H2,1H3. The van der Waals surface area contributed by atoms with Gasteiger partial charge < -0.3 is 10.6 Å². The summed E-state index contributed by atoms with van der Waals surface area (Å²) in [5, 5.41) is 17.4. The van der Waals surface area contributed by atoms with Crippen LogP contribution in [-0.4, -0.2) is 24.1 Å². The van der Waals surface area contributed by atoms with E-state index in [2.05, 4.69) is 10.6 Å². The zero-order valence-electron chi connectivity index (χ0n) is 11.2. The number of benzene rings is 1. The lowest BCUT2D eigenvalue weighted by atomic mass is 9.91. The van der Waals surface area contributed by atoms with Crippen LogP contribution in [0.4, 0.5) is 15.8 Å². The number of nitro benzene ring substituents is 1. The minimum atomic E-state index is -0.469. The topological polar surface area (TPSA) is 67.2 Å². The van der Waals surface area contributed by atoms with Gasteiger partial charge in [-0.3, -0.25) is 10.1 Å². The lowest BCUT2D eigenvalue weighted by Gasteiger charge is -2.29. The smallest absolute Gasteiger partial charge is 0.293 e. The van der Waals surface area contributed by atoms with Crippen LogP contribution in [-0.2, 0) is 0 Å². The first-order chi connectivity index (χ1) is 9.51. The van der Waals surface area contributed by atoms with Crippen LogP contribution in [0.2, 0.25) is 0 Å². The molecule has 7 heteroatoms.